The Morgan fingerprint density at radius 2 is 2.20 bits per heavy atom. The van der Waals surface area contributed by atoms with Crippen LogP contribution < -0.4 is 4.80 Å². The molecule has 0 spiro atoms. The molecule has 4 nitrogen and oxygen atoms in total. The average Bonchev–Trinajstić information content (AvgIpc) is 3.16. The third kappa shape index (κ3) is 4.20. The van der Waals surface area contributed by atoms with E-state index in [2.05, 4.69) is 4.99 Å². The highest BCUT2D eigenvalue weighted by Crippen LogP contribution is 2.22. The van der Waals surface area contributed by atoms with Gasteiger partial charge < -0.3 is 9.30 Å². The first kappa shape index (κ1) is 17.9. The lowest BCUT2D eigenvalue weighted by molar-refractivity contribution is -0.117. The van der Waals surface area contributed by atoms with Gasteiger partial charge in [0.2, 0.25) is 0 Å². The van der Waals surface area contributed by atoms with Crippen molar-refractivity contribution in [3.8, 4) is 0 Å². The van der Waals surface area contributed by atoms with E-state index in [1.165, 1.54) is 17.4 Å². The topological polar surface area (TPSA) is 43.6 Å². The fourth-order valence-electron chi connectivity index (χ4n) is 2.43. The maximum atomic E-state index is 14.3. The molecule has 2 aromatic heterocycles. The van der Waals surface area contributed by atoms with E-state index in [4.69, 9.17) is 4.74 Å². The fraction of sp³-hybridized carbons (Fsp3) is 0.294. The van der Waals surface area contributed by atoms with E-state index in [1.54, 1.807) is 4.57 Å². The lowest BCUT2D eigenvalue weighted by Crippen LogP contribution is -2.20. The Bertz CT molecular complexity index is 946. The molecular formula is C17H16F2N2O2S2. The molecule has 0 saturated carbocycles. The van der Waals surface area contributed by atoms with Crippen LogP contribution in [0.5, 0.6) is 0 Å². The first-order chi connectivity index (χ1) is 12.1. The molecule has 0 radical (unpaired) electrons. The maximum Gasteiger partial charge on any atom is 0.253 e. The standard InChI is InChI=1S/C17H16F2N2O2S2/c1-2-23-6-5-21-16-13(19)8-11(18)9-14(16)25-17(21)20-15(22)10-12-4-3-7-24-12/h3-4,7-9H,2,5-6,10H2,1H3. The highest BCUT2D eigenvalue weighted by atomic mass is 32.1. The summed E-state index contributed by atoms with van der Waals surface area (Å²) in [6.07, 6.45) is 0.189. The number of hydrogen-bond acceptors (Lipinski definition) is 4. The number of halogens is 2. The van der Waals surface area contributed by atoms with Gasteiger partial charge in [-0.25, -0.2) is 8.78 Å². The molecule has 0 atom stereocenters. The summed E-state index contributed by atoms with van der Waals surface area (Å²) in [5, 5.41) is 1.89. The normalized spacial score (nSPS) is 12.2. The minimum Gasteiger partial charge on any atom is -0.380 e. The van der Waals surface area contributed by atoms with E-state index in [-0.39, 0.29) is 17.8 Å². The smallest absolute Gasteiger partial charge is 0.253 e. The van der Waals surface area contributed by atoms with Crippen LogP contribution in [-0.2, 0) is 22.5 Å². The third-order valence-corrected chi connectivity index (χ3v) is 5.39. The van der Waals surface area contributed by atoms with Crippen LogP contribution in [0.1, 0.15) is 11.8 Å². The quantitative estimate of drug-likeness (QED) is 0.610. The van der Waals surface area contributed by atoms with Crippen molar-refractivity contribution in [2.45, 2.75) is 19.9 Å². The van der Waals surface area contributed by atoms with Gasteiger partial charge in [-0.2, -0.15) is 4.99 Å². The summed E-state index contributed by atoms with van der Waals surface area (Å²) in [5.41, 5.74) is 0.244. The van der Waals surface area contributed by atoms with E-state index in [0.29, 0.717) is 29.3 Å². The van der Waals surface area contributed by atoms with E-state index >= 15 is 0 Å². The summed E-state index contributed by atoms with van der Waals surface area (Å²) < 4.78 is 35.1. The fourth-order valence-corrected chi connectivity index (χ4v) is 4.24. The predicted octanol–water partition coefficient (Wildman–Crippen LogP) is 3.75. The summed E-state index contributed by atoms with van der Waals surface area (Å²) in [6, 6.07) is 5.82. The molecule has 1 aromatic carbocycles. The second kappa shape index (κ2) is 7.99. The highest BCUT2D eigenvalue weighted by molar-refractivity contribution is 7.16. The van der Waals surface area contributed by atoms with Crippen molar-refractivity contribution < 1.29 is 18.3 Å². The number of hydrogen-bond donors (Lipinski definition) is 0. The molecule has 2 heterocycles. The lowest BCUT2D eigenvalue weighted by Gasteiger charge is -2.06. The van der Waals surface area contributed by atoms with Crippen molar-refractivity contribution in [2.24, 2.45) is 4.99 Å². The summed E-state index contributed by atoms with van der Waals surface area (Å²) >= 11 is 2.57. The number of amides is 1. The van der Waals surface area contributed by atoms with Crippen LogP contribution in [0.2, 0.25) is 0 Å². The van der Waals surface area contributed by atoms with Crippen molar-refractivity contribution in [2.75, 3.05) is 13.2 Å². The Labute approximate surface area is 151 Å². The summed E-state index contributed by atoms with van der Waals surface area (Å²) in [5.74, 6) is -1.64. The number of thiophene rings is 1. The van der Waals surface area contributed by atoms with Gasteiger partial charge in [0, 0.05) is 24.1 Å². The number of fused-ring (bicyclic) bond motifs is 1. The van der Waals surface area contributed by atoms with Crippen molar-refractivity contribution in [1.29, 1.82) is 0 Å². The number of carbonyl (C=O) groups is 1. The van der Waals surface area contributed by atoms with Gasteiger partial charge in [0.25, 0.3) is 5.91 Å². The SMILES string of the molecule is CCOCCn1c(=NC(=O)Cc2cccs2)sc2cc(F)cc(F)c21. The van der Waals surface area contributed by atoms with Gasteiger partial charge in [-0.3, -0.25) is 4.79 Å². The van der Waals surface area contributed by atoms with E-state index in [9.17, 15) is 13.6 Å². The van der Waals surface area contributed by atoms with Crippen LogP contribution in [0, 0.1) is 11.6 Å². The van der Waals surface area contributed by atoms with Gasteiger partial charge in [-0.15, -0.1) is 11.3 Å². The van der Waals surface area contributed by atoms with Crippen molar-refractivity contribution in [3.63, 3.8) is 0 Å². The molecule has 8 heteroatoms. The van der Waals surface area contributed by atoms with Gasteiger partial charge in [0.1, 0.15) is 5.82 Å². The molecule has 0 aliphatic rings. The van der Waals surface area contributed by atoms with Crippen molar-refractivity contribution in [3.05, 3.63) is 51.0 Å². The van der Waals surface area contributed by atoms with Crippen LogP contribution in [0.4, 0.5) is 8.78 Å². The number of nitrogens with zero attached hydrogens (tertiary/aromatic N) is 2. The number of rotatable bonds is 6. The number of ether oxygens (including phenoxy) is 1. The minimum atomic E-state index is -0.671. The second-order valence-electron chi connectivity index (χ2n) is 5.23. The van der Waals surface area contributed by atoms with Crippen LogP contribution in [-0.4, -0.2) is 23.7 Å². The largest absolute Gasteiger partial charge is 0.380 e. The summed E-state index contributed by atoms with van der Waals surface area (Å²) in [7, 11) is 0. The Morgan fingerprint density at radius 1 is 1.36 bits per heavy atom. The molecular weight excluding hydrogens is 366 g/mol. The van der Waals surface area contributed by atoms with Crippen molar-refractivity contribution >= 4 is 38.8 Å². The summed E-state index contributed by atoms with van der Waals surface area (Å²) in [4.78, 5) is 17.6. The van der Waals surface area contributed by atoms with Crippen LogP contribution in [0.3, 0.4) is 0 Å². The van der Waals surface area contributed by atoms with E-state index in [0.717, 1.165) is 22.3 Å². The Hall–Kier alpha value is -1.90. The molecule has 0 fully saturated rings. The molecule has 25 heavy (non-hydrogen) atoms. The Morgan fingerprint density at radius 3 is 2.92 bits per heavy atom. The molecule has 3 rings (SSSR count). The number of carbonyl (C=O) groups excluding carboxylic acids is 1. The first-order valence-electron chi connectivity index (χ1n) is 7.74. The van der Waals surface area contributed by atoms with Crippen LogP contribution in [0.25, 0.3) is 10.2 Å². The second-order valence-corrected chi connectivity index (χ2v) is 7.27. The Kier molecular flexibility index (Phi) is 5.72. The number of benzene rings is 1. The van der Waals surface area contributed by atoms with Gasteiger partial charge in [0.15, 0.2) is 10.6 Å². The lowest BCUT2D eigenvalue weighted by atomic mass is 10.3. The molecule has 0 bridgehead atoms. The van der Waals surface area contributed by atoms with Crippen LogP contribution in [0.15, 0.2) is 34.6 Å². The monoisotopic (exact) mass is 382 g/mol. The average molecular weight is 382 g/mol. The third-order valence-electron chi connectivity index (χ3n) is 3.48. The zero-order valence-electron chi connectivity index (χ0n) is 13.5. The van der Waals surface area contributed by atoms with Gasteiger partial charge in [-0.05, 0) is 24.4 Å². The number of aromatic nitrogens is 1. The van der Waals surface area contributed by atoms with E-state index < -0.39 is 11.6 Å². The van der Waals surface area contributed by atoms with Gasteiger partial charge >= 0.3 is 0 Å². The molecule has 132 valence electrons. The Balaban J connectivity index is 2.02. The van der Waals surface area contributed by atoms with Crippen LogP contribution >= 0.6 is 22.7 Å². The highest BCUT2D eigenvalue weighted by Gasteiger charge is 2.14. The van der Waals surface area contributed by atoms with Crippen molar-refractivity contribution in [1.82, 2.24) is 4.57 Å². The van der Waals surface area contributed by atoms with Gasteiger partial charge in [-0.1, -0.05) is 17.4 Å². The van der Waals surface area contributed by atoms with Gasteiger partial charge in [0.05, 0.1) is 23.2 Å². The molecule has 0 N–H and O–H groups in total. The maximum absolute atomic E-state index is 14.3. The zero-order chi connectivity index (χ0) is 17.8. The first-order valence-corrected chi connectivity index (χ1v) is 9.44. The number of thiazole rings is 1. The molecule has 0 saturated heterocycles. The molecule has 0 unspecified atom stereocenters. The van der Waals surface area contributed by atoms with E-state index in [1.807, 2.05) is 24.4 Å². The zero-order valence-corrected chi connectivity index (χ0v) is 15.1. The predicted molar refractivity (Wildman–Crippen MR) is 94.8 cm³/mol. The summed E-state index contributed by atoms with van der Waals surface area (Å²) in [6.45, 7) is 3.08. The molecule has 0 aliphatic heterocycles. The molecule has 3 aromatic rings. The molecule has 0 aliphatic carbocycles. The molecule has 1 amide bonds. The minimum absolute atomic E-state index is 0.189.